The minimum Gasteiger partial charge on any atom is -0.396 e. The average molecular weight is 204 g/mol. The normalized spacial score (nSPS) is 10.5. The summed E-state index contributed by atoms with van der Waals surface area (Å²) in [6, 6.07) is 3.77. The molecule has 0 aromatic carbocycles. The van der Waals surface area contributed by atoms with Crippen molar-refractivity contribution in [2.45, 2.75) is 6.42 Å². The Morgan fingerprint density at radius 3 is 3.07 bits per heavy atom. The van der Waals surface area contributed by atoms with Crippen LogP contribution >= 0.6 is 0 Å². The minimum absolute atomic E-state index is 0.175. The minimum atomic E-state index is 0.175. The van der Waals surface area contributed by atoms with E-state index in [0.29, 0.717) is 18.6 Å². The summed E-state index contributed by atoms with van der Waals surface area (Å²) < 4.78 is 0. The summed E-state index contributed by atoms with van der Waals surface area (Å²) >= 11 is 0. The van der Waals surface area contributed by atoms with E-state index in [-0.39, 0.29) is 6.61 Å². The average Bonchev–Trinajstić information content (AvgIpc) is 2.30. The third-order valence-corrected chi connectivity index (χ3v) is 2.04. The molecule has 78 valence electrons. The summed E-state index contributed by atoms with van der Waals surface area (Å²) in [5.41, 5.74) is 0.680. The molecule has 5 heteroatoms. The number of nitrogens with one attached hydrogen (secondary N) is 1. The number of fused-ring (bicyclic) bond motifs is 1. The quantitative estimate of drug-likeness (QED) is 0.721. The lowest BCUT2D eigenvalue weighted by Gasteiger charge is -2.06. The van der Waals surface area contributed by atoms with Gasteiger partial charge in [-0.15, -0.1) is 0 Å². The van der Waals surface area contributed by atoms with Crippen LogP contribution in [0.1, 0.15) is 6.42 Å². The van der Waals surface area contributed by atoms with Crippen LogP contribution in [0, 0.1) is 0 Å². The smallest absolute Gasteiger partial charge is 0.164 e. The SMILES string of the molecule is OCCCNc1ncnc2ncccc12. The lowest BCUT2D eigenvalue weighted by Crippen LogP contribution is -2.06. The molecule has 5 nitrogen and oxygen atoms in total. The summed E-state index contributed by atoms with van der Waals surface area (Å²) in [5.74, 6) is 0.765. The Hall–Kier alpha value is -1.75. The van der Waals surface area contributed by atoms with Crippen LogP contribution < -0.4 is 5.32 Å². The van der Waals surface area contributed by atoms with Gasteiger partial charge in [-0.05, 0) is 18.6 Å². The first-order valence-electron chi connectivity index (χ1n) is 4.82. The van der Waals surface area contributed by atoms with Gasteiger partial charge < -0.3 is 10.4 Å². The van der Waals surface area contributed by atoms with Crippen LogP contribution in [-0.2, 0) is 0 Å². The molecule has 0 unspecified atom stereocenters. The molecule has 0 aliphatic carbocycles. The first-order valence-corrected chi connectivity index (χ1v) is 4.82. The maximum absolute atomic E-state index is 8.67. The first-order chi connectivity index (χ1) is 7.42. The summed E-state index contributed by atoms with van der Waals surface area (Å²) in [4.78, 5) is 12.3. The first kappa shape index (κ1) is 9.79. The molecule has 0 amide bonds. The van der Waals surface area contributed by atoms with Crippen LogP contribution in [0.3, 0.4) is 0 Å². The molecule has 2 aromatic rings. The fourth-order valence-corrected chi connectivity index (χ4v) is 1.32. The summed E-state index contributed by atoms with van der Waals surface area (Å²) in [7, 11) is 0. The van der Waals surface area contributed by atoms with E-state index in [4.69, 9.17) is 5.11 Å². The van der Waals surface area contributed by atoms with Crippen molar-refractivity contribution in [2.24, 2.45) is 0 Å². The Kier molecular flexibility index (Phi) is 3.04. The molecular formula is C10H12N4O. The van der Waals surface area contributed by atoms with E-state index in [2.05, 4.69) is 20.3 Å². The highest BCUT2D eigenvalue weighted by molar-refractivity contribution is 5.85. The zero-order chi connectivity index (χ0) is 10.5. The van der Waals surface area contributed by atoms with Crippen molar-refractivity contribution in [2.75, 3.05) is 18.5 Å². The monoisotopic (exact) mass is 204 g/mol. The molecule has 2 rings (SSSR count). The molecule has 0 saturated carbocycles. The van der Waals surface area contributed by atoms with Crippen molar-refractivity contribution in [1.82, 2.24) is 15.0 Å². The maximum atomic E-state index is 8.67. The van der Waals surface area contributed by atoms with Gasteiger partial charge >= 0.3 is 0 Å². The number of aromatic nitrogens is 3. The lowest BCUT2D eigenvalue weighted by molar-refractivity contribution is 0.292. The third-order valence-electron chi connectivity index (χ3n) is 2.04. The van der Waals surface area contributed by atoms with Gasteiger partial charge in [-0.3, -0.25) is 0 Å². The highest BCUT2D eigenvalue weighted by Crippen LogP contribution is 2.15. The zero-order valence-corrected chi connectivity index (χ0v) is 8.22. The fourth-order valence-electron chi connectivity index (χ4n) is 1.32. The summed E-state index contributed by atoms with van der Waals surface area (Å²) in [6.07, 6.45) is 3.88. The van der Waals surface area contributed by atoms with E-state index in [0.717, 1.165) is 11.2 Å². The largest absolute Gasteiger partial charge is 0.396 e. The molecule has 0 saturated heterocycles. The van der Waals surface area contributed by atoms with Crippen LogP contribution in [0.25, 0.3) is 11.0 Å². The van der Waals surface area contributed by atoms with Crippen molar-refractivity contribution in [3.8, 4) is 0 Å². The number of nitrogens with zero attached hydrogens (tertiary/aromatic N) is 3. The Morgan fingerprint density at radius 1 is 1.27 bits per heavy atom. The van der Waals surface area contributed by atoms with Gasteiger partial charge in [-0.2, -0.15) is 0 Å². The van der Waals surface area contributed by atoms with E-state index in [1.807, 2.05) is 12.1 Å². The van der Waals surface area contributed by atoms with E-state index < -0.39 is 0 Å². The topological polar surface area (TPSA) is 70.9 Å². The Labute approximate surface area is 87.2 Å². The van der Waals surface area contributed by atoms with Crippen LogP contribution in [0.15, 0.2) is 24.7 Å². The summed E-state index contributed by atoms with van der Waals surface area (Å²) in [6.45, 7) is 0.867. The van der Waals surface area contributed by atoms with Gasteiger partial charge in [0.1, 0.15) is 12.1 Å². The predicted molar refractivity (Wildman–Crippen MR) is 57.5 cm³/mol. The van der Waals surface area contributed by atoms with Crippen LogP contribution in [0.4, 0.5) is 5.82 Å². The third kappa shape index (κ3) is 2.19. The second-order valence-corrected chi connectivity index (χ2v) is 3.10. The van der Waals surface area contributed by atoms with E-state index in [1.165, 1.54) is 6.33 Å². The number of pyridine rings is 1. The molecule has 0 radical (unpaired) electrons. The molecule has 0 aliphatic heterocycles. The molecule has 15 heavy (non-hydrogen) atoms. The van der Waals surface area contributed by atoms with E-state index in [1.54, 1.807) is 6.20 Å². The predicted octanol–water partition coefficient (Wildman–Crippen LogP) is 0.819. The molecule has 0 atom stereocenters. The van der Waals surface area contributed by atoms with Gasteiger partial charge in [-0.25, -0.2) is 15.0 Å². The number of rotatable bonds is 4. The van der Waals surface area contributed by atoms with Crippen molar-refractivity contribution in [1.29, 1.82) is 0 Å². The number of hydrogen-bond acceptors (Lipinski definition) is 5. The number of anilines is 1. The molecule has 2 aromatic heterocycles. The van der Waals surface area contributed by atoms with Crippen LogP contribution in [0.5, 0.6) is 0 Å². The van der Waals surface area contributed by atoms with Gasteiger partial charge in [0.25, 0.3) is 0 Å². The lowest BCUT2D eigenvalue weighted by atomic mass is 10.3. The molecular weight excluding hydrogens is 192 g/mol. The van der Waals surface area contributed by atoms with Crippen LogP contribution in [0.2, 0.25) is 0 Å². The standard InChI is InChI=1S/C10H12N4O/c15-6-2-5-12-10-8-3-1-4-11-9(8)13-7-14-10/h1,3-4,7,15H,2,5-6H2,(H,11,12,13,14). The second kappa shape index (κ2) is 4.65. The maximum Gasteiger partial charge on any atom is 0.164 e. The molecule has 0 bridgehead atoms. The molecule has 0 fully saturated rings. The van der Waals surface area contributed by atoms with Crippen molar-refractivity contribution in [3.05, 3.63) is 24.7 Å². The highest BCUT2D eigenvalue weighted by Gasteiger charge is 2.01. The molecule has 0 spiro atoms. The fraction of sp³-hybridized carbons (Fsp3) is 0.300. The zero-order valence-electron chi connectivity index (χ0n) is 8.22. The van der Waals surface area contributed by atoms with Gasteiger partial charge in [0.2, 0.25) is 0 Å². The van der Waals surface area contributed by atoms with Crippen molar-refractivity contribution < 1.29 is 5.11 Å². The van der Waals surface area contributed by atoms with Crippen molar-refractivity contribution in [3.63, 3.8) is 0 Å². The second-order valence-electron chi connectivity index (χ2n) is 3.10. The van der Waals surface area contributed by atoms with Gasteiger partial charge in [0, 0.05) is 19.3 Å². The van der Waals surface area contributed by atoms with Crippen LogP contribution in [-0.4, -0.2) is 33.2 Å². The van der Waals surface area contributed by atoms with E-state index >= 15 is 0 Å². The highest BCUT2D eigenvalue weighted by atomic mass is 16.3. The van der Waals surface area contributed by atoms with Gasteiger partial charge in [0.05, 0.1) is 5.39 Å². The van der Waals surface area contributed by atoms with Crippen molar-refractivity contribution >= 4 is 16.9 Å². The molecule has 2 heterocycles. The number of aliphatic hydroxyl groups is 1. The Balaban J connectivity index is 2.26. The van der Waals surface area contributed by atoms with Gasteiger partial charge in [-0.1, -0.05) is 0 Å². The van der Waals surface area contributed by atoms with E-state index in [9.17, 15) is 0 Å². The Morgan fingerprint density at radius 2 is 2.20 bits per heavy atom. The number of hydrogen-bond donors (Lipinski definition) is 2. The number of aliphatic hydroxyl groups excluding tert-OH is 1. The Bertz CT molecular complexity index is 441. The summed E-state index contributed by atoms with van der Waals surface area (Å²) in [5, 5.41) is 12.7. The molecule has 2 N–H and O–H groups in total. The van der Waals surface area contributed by atoms with Gasteiger partial charge in [0.15, 0.2) is 5.65 Å². The molecule has 0 aliphatic rings.